The second kappa shape index (κ2) is 6.93. The van der Waals surface area contributed by atoms with Crippen LogP contribution in [-0.4, -0.2) is 45.4 Å². The van der Waals surface area contributed by atoms with Crippen molar-refractivity contribution in [2.75, 3.05) is 26.2 Å². The second-order valence-corrected chi connectivity index (χ2v) is 6.81. The number of hydrogen-bond donors (Lipinski definition) is 0. The topological polar surface area (TPSA) is 23.8 Å². The van der Waals surface area contributed by atoms with Gasteiger partial charge in [-0.3, -0.25) is 9.80 Å². The van der Waals surface area contributed by atoms with Crippen molar-refractivity contribution in [3.05, 3.63) is 71.1 Å². The van der Waals surface area contributed by atoms with Crippen molar-refractivity contribution in [1.29, 1.82) is 0 Å². The lowest BCUT2D eigenvalue weighted by molar-refractivity contribution is 0.121. The molecule has 0 amide bonds. The zero-order valence-corrected chi connectivity index (χ0v) is 14.4. The first-order chi connectivity index (χ1) is 11.8. The van der Waals surface area contributed by atoms with Gasteiger partial charge in [0.25, 0.3) is 0 Å². The van der Waals surface area contributed by atoms with Gasteiger partial charge in [0.05, 0.1) is 5.69 Å². The third-order valence-corrected chi connectivity index (χ3v) is 4.84. The highest BCUT2D eigenvalue weighted by Crippen LogP contribution is 2.14. The molecule has 4 nitrogen and oxygen atoms in total. The Kier molecular flexibility index (Phi) is 4.52. The minimum atomic E-state index is 0.802. The van der Waals surface area contributed by atoms with Crippen molar-refractivity contribution in [3.63, 3.8) is 0 Å². The Hall–Kier alpha value is -1.88. The van der Waals surface area contributed by atoms with Crippen LogP contribution >= 0.6 is 11.6 Å². The Labute approximate surface area is 147 Å². The van der Waals surface area contributed by atoms with Gasteiger partial charge in [0.1, 0.15) is 5.65 Å². The smallest absolute Gasteiger partial charge is 0.137 e. The molecule has 0 radical (unpaired) electrons. The van der Waals surface area contributed by atoms with Gasteiger partial charge in [-0.1, -0.05) is 29.8 Å². The summed E-state index contributed by atoms with van der Waals surface area (Å²) in [6, 6.07) is 14.3. The molecule has 0 N–H and O–H groups in total. The number of imidazole rings is 1. The zero-order chi connectivity index (χ0) is 16.4. The number of pyridine rings is 1. The maximum atomic E-state index is 5.95. The molecule has 0 spiro atoms. The van der Waals surface area contributed by atoms with E-state index in [4.69, 9.17) is 16.6 Å². The van der Waals surface area contributed by atoms with Crippen LogP contribution in [0.25, 0.3) is 5.65 Å². The van der Waals surface area contributed by atoms with Crippen molar-refractivity contribution in [3.8, 4) is 0 Å². The highest BCUT2D eigenvalue weighted by Gasteiger charge is 2.18. The molecule has 124 valence electrons. The van der Waals surface area contributed by atoms with Crippen molar-refractivity contribution < 1.29 is 0 Å². The highest BCUT2D eigenvalue weighted by atomic mass is 35.5. The molecule has 2 aromatic heterocycles. The molecular formula is C19H21ClN4. The van der Waals surface area contributed by atoms with Crippen molar-refractivity contribution in [2.45, 2.75) is 13.1 Å². The molecule has 24 heavy (non-hydrogen) atoms. The molecule has 0 bridgehead atoms. The fourth-order valence-electron chi connectivity index (χ4n) is 3.25. The molecule has 0 saturated carbocycles. The van der Waals surface area contributed by atoms with Crippen LogP contribution in [0.15, 0.2) is 54.9 Å². The maximum absolute atomic E-state index is 5.95. The second-order valence-electron chi connectivity index (χ2n) is 6.38. The maximum Gasteiger partial charge on any atom is 0.137 e. The summed E-state index contributed by atoms with van der Waals surface area (Å²) in [5.41, 5.74) is 3.49. The standard InChI is InChI=1S/C19H21ClN4/c20-17-6-4-16(5-7-17)13-22-9-11-23(12-10-22)14-18-15-24-8-2-1-3-19(24)21-18/h1-8,15H,9-14H2. The molecule has 3 aromatic rings. The lowest BCUT2D eigenvalue weighted by Gasteiger charge is -2.34. The van der Waals surface area contributed by atoms with Crippen LogP contribution in [0.5, 0.6) is 0 Å². The van der Waals surface area contributed by atoms with E-state index in [-0.39, 0.29) is 0 Å². The third kappa shape index (κ3) is 3.61. The number of rotatable bonds is 4. The van der Waals surface area contributed by atoms with E-state index in [1.54, 1.807) is 0 Å². The zero-order valence-electron chi connectivity index (χ0n) is 13.6. The Morgan fingerprint density at radius 1 is 0.875 bits per heavy atom. The summed E-state index contributed by atoms with van der Waals surface area (Å²) in [6.07, 6.45) is 4.19. The molecule has 1 aromatic carbocycles. The minimum Gasteiger partial charge on any atom is -0.307 e. The molecule has 1 aliphatic heterocycles. The Morgan fingerprint density at radius 2 is 1.58 bits per heavy atom. The van der Waals surface area contributed by atoms with E-state index in [9.17, 15) is 0 Å². The molecule has 3 heterocycles. The number of benzene rings is 1. The van der Waals surface area contributed by atoms with E-state index in [0.717, 1.165) is 55.6 Å². The molecule has 0 unspecified atom stereocenters. The number of aromatic nitrogens is 2. The normalized spacial score (nSPS) is 16.7. The lowest BCUT2D eigenvalue weighted by atomic mass is 10.2. The fourth-order valence-corrected chi connectivity index (χ4v) is 3.37. The van der Waals surface area contributed by atoms with E-state index in [2.05, 4.69) is 38.7 Å². The van der Waals surface area contributed by atoms with Gasteiger partial charge in [0.2, 0.25) is 0 Å². The van der Waals surface area contributed by atoms with Crippen LogP contribution in [0.3, 0.4) is 0 Å². The van der Waals surface area contributed by atoms with Gasteiger partial charge >= 0.3 is 0 Å². The van der Waals surface area contributed by atoms with Gasteiger partial charge in [-0.25, -0.2) is 4.98 Å². The summed E-state index contributed by atoms with van der Waals surface area (Å²) in [7, 11) is 0. The quantitative estimate of drug-likeness (QED) is 0.728. The number of nitrogens with zero attached hydrogens (tertiary/aromatic N) is 4. The van der Waals surface area contributed by atoms with Gasteiger partial charge < -0.3 is 4.40 Å². The number of hydrogen-bond acceptors (Lipinski definition) is 3. The molecule has 1 saturated heterocycles. The molecule has 1 aliphatic rings. The lowest BCUT2D eigenvalue weighted by Crippen LogP contribution is -2.45. The van der Waals surface area contributed by atoms with E-state index in [1.807, 2.05) is 30.3 Å². The van der Waals surface area contributed by atoms with Gasteiger partial charge in [-0.15, -0.1) is 0 Å². The van der Waals surface area contributed by atoms with E-state index in [1.165, 1.54) is 5.56 Å². The Balaban J connectivity index is 1.31. The fraction of sp³-hybridized carbons (Fsp3) is 0.316. The summed E-state index contributed by atoms with van der Waals surface area (Å²) < 4.78 is 2.09. The van der Waals surface area contributed by atoms with Gasteiger partial charge in [-0.2, -0.15) is 0 Å². The SMILES string of the molecule is Clc1ccc(CN2CCN(Cc3cn4ccccc4n3)CC2)cc1. The number of piperazine rings is 1. The molecule has 1 fully saturated rings. The van der Waals surface area contributed by atoms with Crippen molar-refractivity contribution >= 4 is 17.2 Å². The third-order valence-electron chi connectivity index (χ3n) is 4.58. The molecule has 5 heteroatoms. The monoisotopic (exact) mass is 340 g/mol. The summed E-state index contributed by atoms with van der Waals surface area (Å²) in [6.45, 7) is 6.28. The first-order valence-electron chi connectivity index (χ1n) is 8.38. The van der Waals surface area contributed by atoms with Crippen LogP contribution in [0, 0.1) is 0 Å². The van der Waals surface area contributed by atoms with Crippen LogP contribution in [0.1, 0.15) is 11.3 Å². The number of fused-ring (bicyclic) bond motifs is 1. The van der Waals surface area contributed by atoms with Crippen LogP contribution in [0.2, 0.25) is 5.02 Å². The van der Waals surface area contributed by atoms with Gasteiger partial charge in [0.15, 0.2) is 0 Å². The minimum absolute atomic E-state index is 0.802. The van der Waals surface area contributed by atoms with Crippen LogP contribution < -0.4 is 0 Å². The van der Waals surface area contributed by atoms with E-state index < -0.39 is 0 Å². The van der Waals surface area contributed by atoms with Crippen molar-refractivity contribution in [1.82, 2.24) is 19.2 Å². The molecule has 0 aliphatic carbocycles. The summed E-state index contributed by atoms with van der Waals surface area (Å²) in [4.78, 5) is 9.69. The average Bonchev–Trinajstić information content (AvgIpc) is 3.01. The molecular weight excluding hydrogens is 320 g/mol. The first-order valence-corrected chi connectivity index (χ1v) is 8.76. The summed E-state index contributed by atoms with van der Waals surface area (Å²) in [5, 5.41) is 0.802. The Bertz CT molecular complexity index is 771. The predicted octanol–water partition coefficient (Wildman–Crippen LogP) is 3.31. The van der Waals surface area contributed by atoms with Gasteiger partial charge in [-0.05, 0) is 29.8 Å². The van der Waals surface area contributed by atoms with E-state index >= 15 is 0 Å². The predicted molar refractivity (Wildman–Crippen MR) is 97.2 cm³/mol. The summed E-state index contributed by atoms with van der Waals surface area (Å²) in [5.74, 6) is 0. The van der Waals surface area contributed by atoms with Gasteiger partial charge in [0, 0.05) is 56.7 Å². The summed E-state index contributed by atoms with van der Waals surface area (Å²) >= 11 is 5.95. The first kappa shape index (κ1) is 15.6. The molecule has 4 rings (SSSR count). The largest absolute Gasteiger partial charge is 0.307 e. The van der Waals surface area contributed by atoms with Crippen LogP contribution in [-0.2, 0) is 13.1 Å². The van der Waals surface area contributed by atoms with Crippen molar-refractivity contribution in [2.24, 2.45) is 0 Å². The Morgan fingerprint density at radius 3 is 2.29 bits per heavy atom. The molecule has 0 atom stereocenters. The average molecular weight is 341 g/mol. The van der Waals surface area contributed by atoms with E-state index in [0.29, 0.717) is 0 Å². The highest BCUT2D eigenvalue weighted by molar-refractivity contribution is 6.30. The number of halogens is 1. The van der Waals surface area contributed by atoms with Crippen LogP contribution in [0.4, 0.5) is 0 Å².